The first-order chi connectivity index (χ1) is 13.0. The highest BCUT2D eigenvalue weighted by molar-refractivity contribution is 5.87. The van der Waals surface area contributed by atoms with Crippen molar-refractivity contribution in [3.63, 3.8) is 0 Å². The van der Waals surface area contributed by atoms with Crippen LogP contribution in [-0.2, 0) is 17.8 Å². The standard InChI is InChI=1S/C21H25N3O3/c1-13-16(15-6-4-5-7-18(15)24-13)11-17(22)21(25)23-12-14-8-9-19(26-2)20(10-14)27-3/h4-10,17,24H,11-12,22H2,1-3H3,(H,23,25)/t17-/m0/s1. The molecule has 0 saturated carbocycles. The lowest BCUT2D eigenvalue weighted by Crippen LogP contribution is -2.41. The lowest BCUT2D eigenvalue weighted by molar-refractivity contribution is -0.122. The van der Waals surface area contributed by atoms with Crippen LogP contribution in [-0.4, -0.2) is 31.2 Å². The third kappa shape index (κ3) is 4.06. The highest BCUT2D eigenvalue weighted by atomic mass is 16.5. The summed E-state index contributed by atoms with van der Waals surface area (Å²) in [5.41, 5.74) is 10.3. The average Bonchev–Trinajstić information content (AvgIpc) is 3.01. The SMILES string of the molecule is COc1ccc(CNC(=O)[C@@H](N)Cc2c(C)[nH]c3ccccc23)cc1OC. The largest absolute Gasteiger partial charge is 0.493 e. The van der Waals surface area contributed by atoms with Crippen LogP contribution in [0.1, 0.15) is 16.8 Å². The number of rotatable bonds is 7. The highest BCUT2D eigenvalue weighted by Crippen LogP contribution is 2.27. The van der Waals surface area contributed by atoms with Gasteiger partial charge in [-0.3, -0.25) is 4.79 Å². The van der Waals surface area contributed by atoms with E-state index in [2.05, 4.69) is 10.3 Å². The number of carbonyl (C=O) groups is 1. The van der Waals surface area contributed by atoms with Crippen LogP contribution >= 0.6 is 0 Å². The fourth-order valence-corrected chi connectivity index (χ4v) is 3.22. The molecule has 3 aromatic rings. The van der Waals surface area contributed by atoms with E-state index in [-0.39, 0.29) is 5.91 Å². The van der Waals surface area contributed by atoms with E-state index in [0.29, 0.717) is 24.5 Å². The second-order valence-electron chi connectivity index (χ2n) is 6.49. The molecule has 1 amide bonds. The molecule has 0 bridgehead atoms. The molecule has 27 heavy (non-hydrogen) atoms. The number of carbonyl (C=O) groups excluding carboxylic acids is 1. The van der Waals surface area contributed by atoms with E-state index in [9.17, 15) is 4.79 Å². The van der Waals surface area contributed by atoms with Gasteiger partial charge in [0.25, 0.3) is 0 Å². The first-order valence-corrected chi connectivity index (χ1v) is 8.84. The summed E-state index contributed by atoms with van der Waals surface area (Å²) in [6, 6.07) is 13.0. The fourth-order valence-electron chi connectivity index (χ4n) is 3.22. The molecule has 0 saturated heterocycles. The van der Waals surface area contributed by atoms with Gasteiger partial charge < -0.3 is 25.5 Å². The molecule has 0 fully saturated rings. The molecule has 1 aromatic heterocycles. The number of para-hydroxylation sites is 1. The summed E-state index contributed by atoms with van der Waals surface area (Å²) in [5.74, 6) is 1.09. The maximum absolute atomic E-state index is 12.5. The van der Waals surface area contributed by atoms with Crippen LogP contribution in [0.3, 0.4) is 0 Å². The first-order valence-electron chi connectivity index (χ1n) is 8.84. The number of hydrogen-bond donors (Lipinski definition) is 3. The maximum Gasteiger partial charge on any atom is 0.237 e. The number of methoxy groups -OCH3 is 2. The zero-order valence-corrected chi connectivity index (χ0v) is 15.8. The zero-order chi connectivity index (χ0) is 19.4. The molecule has 142 valence electrons. The molecule has 1 heterocycles. The van der Waals surface area contributed by atoms with Crippen molar-refractivity contribution >= 4 is 16.8 Å². The third-order valence-corrected chi connectivity index (χ3v) is 4.70. The van der Waals surface area contributed by atoms with Crippen molar-refractivity contribution in [2.24, 2.45) is 5.73 Å². The molecule has 0 radical (unpaired) electrons. The normalized spacial score (nSPS) is 12.0. The molecular formula is C21H25N3O3. The second kappa shape index (κ2) is 8.14. The van der Waals surface area contributed by atoms with Crippen LogP contribution in [0.2, 0.25) is 0 Å². The van der Waals surface area contributed by atoms with Gasteiger partial charge in [-0.1, -0.05) is 24.3 Å². The van der Waals surface area contributed by atoms with E-state index in [1.807, 2.05) is 49.4 Å². The lowest BCUT2D eigenvalue weighted by Gasteiger charge is -2.14. The van der Waals surface area contributed by atoms with Crippen LogP contribution in [0, 0.1) is 6.92 Å². The molecule has 0 aliphatic rings. The van der Waals surface area contributed by atoms with Crippen molar-refractivity contribution in [3.8, 4) is 11.5 Å². The number of benzene rings is 2. The number of nitrogens with one attached hydrogen (secondary N) is 2. The molecule has 0 unspecified atom stereocenters. The smallest absolute Gasteiger partial charge is 0.237 e. The minimum Gasteiger partial charge on any atom is -0.493 e. The van der Waals surface area contributed by atoms with Crippen LogP contribution in [0.15, 0.2) is 42.5 Å². The quantitative estimate of drug-likeness (QED) is 0.599. The third-order valence-electron chi connectivity index (χ3n) is 4.70. The number of H-pyrrole nitrogens is 1. The predicted molar refractivity (Wildman–Crippen MR) is 106 cm³/mol. The molecule has 6 nitrogen and oxygen atoms in total. The van der Waals surface area contributed by atoms with Gasteiger partial charge in [0.05, 0.1) is 20.3 Å². The number of fused-ring (bicyclic) bond motifs is 1. The average molecular weight is 367 g/mol. The number of aromatic amines is 1. The van der Waals surface area contributed by atoms with Crippen molar-refractivity contribution in [2.45, 2.75) is 25.9 Å². The zero-order valence-electron chi connectivity index (χ0n) is 15.8. The van der Waals surface area contributed by atoms with Crippen LogP contribution in [0.25, 0.3) is 10.9 Å². The van der Waals surface area contributed by atoms with Gasteiger partial charge >= 0.3 is 0 Å². The fraction of sp³-hybridized carbons (Fsp3) is 0.286. The van der Waals surface area contributed by atoms with E-state index in [0.717, 1.165) is 27.7 Å². The summed E-state index contributed by atoms with van der Waals surface area (Å²) < 4.78 is 10.5. The number of ether oxygens (including phenoxy) is 2. The van der Waals surface area contributed by atoms with Crippen molar-refractivity contribution < 1.29 is 14.3 Å². The molecule has 3 rings (SSSR count). The molecular weight excluding hydrogens is 342 g/mol. The summed E-state index contributed by atoms with van der Waals surface area (Å²) in [6.45, 7) is 2.38. The van der Waals surface area contributed by atoms with E-state index >= 15 is 0 Å². The van der Waals surface area contributed by atoms with Crippen molar-refractivity contribution in [1.29, 1.82) is 0 Å². The van der Waals surface area contributed by atoms with Crippen molar-refractivity contribution in [1.82, 2.24) is 10.3 Å². The number of aromatic nitrogens is 1. The Labute approximate surface area is 158 Å². The Morgan fingerprint density at radius 1 is 1.15 bits per heavy atom. The Morgan fingerprint density at radius 3 is 2.63 bits per heavy atom. The van der Waals surface area contributed by atoms with Gasteiger partial charge in [0.2, 0.25) is 5.91 Å². The summed E-state index contributed by atoms with van der Waals surface area (Å²) in [6.07, 6.45) is 0.480. The number of amides is 1. The van der Waals surface area contributed by atoms with Gasteiger partial charge in [-0.2, -0.15) is 0 Å². The Kier molecular flexibility index (Phi) is 5.66. The van der Waals surface area contributed by atoms with Gasteiger partial charge in [0, 0.05) is 23.1 Å². The number of aryl methyl sites for hydroxylation is 1. The maximum atomic E-state index is 12.5. The molecule has 6 heteroatoms. The van der Waals surface area contributed by atoms with E-state index in [4.69, 9.17) is 15.2 Å². The molecule has 0 aliphatic carbocycles. The first kappa shape index (κ1) is 18.8. The monoisotopic (exact) mass is 367 g/mol. The van der Waals surface area contributed by atoms with Crippen LogP contribution < -0.4 is 20.5 Å². The molecule has 4 N–H and O–H groups in total. The van der Waals surface area contributed by atoms with E-state index in [1.54, 1.807) is 14.2 Å². The summed E-state index contributed by atoms with van der Waals surface area (Å²) >= 11 is 0. The van der Waals surface area contributed by atoms with Gasteiger partial charge in [-0.15, -0.1) is 0 Å². The van der Waals surface area contributed by atoms with Gasteiger partial charge in [-0.05, 0) is 42.7 Å². The topological polar surface area (TPSA) is 89.4 Å². The minimum absolute atomic E-state index is 0.186. The summed E-state index contributed by atoms with van der Waals surface area (Å²) in [4.78, 5) is 15.8. The molecule has 1 atom stereocenters. The highest BCUT2D eigenvalue weighted by Gasteiger charge is 2.18. The Hall–Kier alpha value is -2.99. The number of hydrogen-bond acceptors (Lipinski definition) is 4. The van der Waals surface area contributed by atoms with Gasteiger partial charge in [-0.25, -0.2) is 0 Å². The van der Waals surface area contributed by atoms with Gasteiger partial charge in [0.1, 0.15) is 0 Å². The van der Waals surface area contributed by atoms with Crippen LogP contribution in [0.5, 0.6) is 11.5 Å². The Morgan fingerprint density at radius 2 is 1.89 bits per heavy atom. The molecule has 2 aromatic carbocycles. The molecule has 0 spiro atoms. The Bertz CT molecular complexity index is 949. The molecule has 0 aliphatic heterocycles. The van der Waals surface area contributed by atoms with Crippen molar-refractivity contribution in [2.75, 3.05) is 14.2 Å². The van der Waals surface area contributed by atoms with Crippen LogP contribution in [0.4, 0.5) is 0 Å². The van der Waals surface area contributed by atoms with E-state index in [1.165, 1.54) is 0 Å². The van der Waals surface area contributed by atoms with Gasteiger partial charge in [0.15, 0.2) is 11.5 Å². The lowest BCUT2D eigenvalue weighted by atomic mass is 10.0. The predicted octanol–water partition coefficient (Wildman–Crippen LogP) is 2.68. The van der Waals surface area contributed by atoms with Crippen molar-refractivity contribution in [3.05, 3.63) is 59.3 Å². The minimum atomic E-state index is -0.622. The summed E-state index contributed by atoms with van der Waals surface area (Å²) in [7, 11) is 3.17. The Balaban J connectivity index is 1.65. The summed E-state index contributed by atoms with van der Waals surface area (Å²) in [5, 5.41) is 4.01. The number of nitrogens with two attached hydrogens (primary N) is 1. The van der Waals surface area contributed by atoms with E-state index < -0.39 is 6.04 Å². The second-order valence-corrected chi connectivity index (χ2v) is 6.49.